The zero-order valence-corrected chi connectivity index (χ0v) is 28.6. The van der Waals surface area contributed by atoms with Gasteiger partial charge in [-0.25, -0.2) is 9.97 Å². The van der Waals surface area contributed by atoms with E-state index in [0.717, 1.165) is 22.1 Å². The van der Waals surface area contributed by atoms with Crippen LogP contribution in [0.25, 0.3) is 75.9 Å². The van der Waals surface area contributed by atoms with Crippen molar-refractivity contribution in [1.29, 1.82) is 0 Å². The molecule has 0 N–H and O–H groups in total. The van der Waals surface area contributed by atoms with E-state index in [0.29, 0.717) is 0 Å². The second-order valence-electron chi connectivity index (χ2n) is 15.0. The topological polar surface area (TPSA) is 25.8 Å². The third-order valence-electron chi connectivity index (χ3n) is 9.64. The Morgan fingerprint density at radius 1 is 0.312 bits per heavy atom. The highest BCUT2D eigenvalue weighted by molar-refractivity contribution is 6.16. The first-order chi connectivity index (χ1) is 23.1. The predicted molar refractivity (Wildman–Crippen MR) is 208 cm³/mol. The van der Waals surface area contributed by atoms with E-state index in [-0.39, 0.29) is 10.8 Å². The van der Waals surface area contributed by atoms with Crippen LogP contribution in [0.4, 0.5) is 0 Å². The maximum atomic E-state index is 5.21. The minimum Gasteiger partial charge on any atom is -0.247 e. The first-order valence-electron chi connectivity index (χ1n) is 16.9. The minimum atomic E-state index is 0.0321. The molecule has 2 heterocycles. The molecule has 0 saturated carbocycles. The van der Waals surface area contributed by atoms with Crippen LogP contribution in [0.1, 0.15) is 52.7 Å². The molecule has 2 nitrogen and oxygen atoms in total. The van der Waals surface area contributed by atoms with Gasteiger partial charge in [0, 0.05) is 37.7 Å². The molecule has 0 aliphatic carbocycles. The van der Waals surface area contributed by atoms with Gasteiger partial charge in [0.15, 0.2) is 0 Å². The van der Waals surface area contributed by atoms with Crippen LogP contribution < -0.4 is 0 Å². The molecule has 0 aliphatic heterocycles. The van der Waals surface area contributed by atoms with Gasteiger partial charge in [0.1, 0.15) is 0 Å². The van der Waals surface area contributed by atoms with Crippen LogP contribution in [-0.4, -0.2) is 9.97 Å². The van der Waals surface area contributed by atoms with Crippen LogP contribution >= 0.6 is 0 Å². The van der Waals surface area contributed by atoms with Crippen LogP contribution in [0.15, 0.2) is 133 Å². The van der Waals surface area contributed by atoms with E-state index in [9.17, 15) is 0 Å². The van der Waals surface area contributed by atoms with Gasteiger partial charge in [0.2, 0.25) is 0 Å². The van der Waals surface area contributed by atoms with Gasteiger partial charge in [-0.1, -0.05) is 169 Å². The summed E-state index contributed by atoms with van der Waals surface area (Å²) >= 11 is 0. The molecule has 2 heteroatoms. The van der Waals surface area contributed by atoms with Crippen molar-refractivity contribution in [3.63, 3.8) is 0 Å². The van der Waals surface area contributed by atoms with Crippen molar-refractivity contribution in [2.45, 2.75) is 52.4 Å². The lowest BCUT2D eigenvalue weighted by Crippen LogP contribution is -2.13. The van der Waals surface area contributed by atoms with Crippen molar-refractivity contribution in [2.75, 3.05) is 0 Å². The zero-order valence-electron chi connectivity index (χ0n) is 28.6. The molecule has 0 spiro atoms. The van der Waals surface area contributed by atoms with Crippen molar-refractivity contribution in [3.8, 4) is 0 Å². The summed E-state index contributed by atoms with van der Waals surface area (Å²) < 4.78 is 0. The Morgan fingerprint density at radius 2 is 0.646 bits per heavy atom. The van der Waals surface area contributed by atoms with Crippen LogP contribution in [0, 0.1) is 0 Å². The molecule has 0 amide bonds. The Morgan fingerprint density at radius 3 is 1.06 bits per heavy atom. The molecule has 0 bridgehead atoms. The lowest BCUT2D eigenvalue weighted by Gasteiger charge is -2.24. The molecular weight excluding hydrogens is 581 g/mol. The molecule has 2 aromatic heterocycles. The smallest absolute Gasteiger partial charge is 0.0791 e. The van der Waals surface area contributed by atoms with Crippen LogP contribution in [0.3, 0.4) is 0 Å². The van der Waals surface area contributed by atoms with Gasteiger partial charge in [-0.2, -0.15) is 0 Å². The monoisotopic (exact) mass is 620 g/mol. The Kier molecular flexibility index (Phi) is 6.96. The van der Waals surface area contributed by atoms with E-state index in [1.807, 2.05) is 0 Å². The van der Waals surface area contributed by atoms with E-state index >= 15 is 0 Å². The second kappa shape index (κ2) is 11.1. The summed E-state index contributed by atoms with van der Waals surface area (Å²) in [6, 6.07) is 47.5. The highest BCUT2D eigenvalue weighted by Crippen LogP contribution is 2.40. The molecule has 0 unspecified atom stereocenters. The molecule has 7 aromatic carbocycles. The van der Waals surface area contributed by atoms with E-state index in [2.05, 4.69) is 175 Å². The van der Waals surface area contributed by atoms with Gasteiger partial charge in [0.25, 0.3) is 0 Å². The SMILES string of the molecule is CC(C)(C)c1c2ccc3ccccc3c2nc2c1ccc1ccccc12.CC(C)(C)c1c2ccccc2nc2c1ccc1ccccc12. The maximum Gasteiger partial charge on any atom is 0.0791 e. The van der Waals surface area contributed by atoms with Crippen molar-refractivity contribution in [2.24, 2.45) is 0 Å². The standard InChI is InChI=1S/C25H21N.C21H19N/c1-25(2,3)22-20-14-12-16-8-4-6-10-18(16)23(20)26-24-19-11-7-5-9-17(19)13-15-21(22)24;1-21(2,3)19-16-10-6-7-11-18(16)22-20-15-9-5-4-8-14(15)12-13-17(19)20/h4-15H,1-3H3;4-13H,1-3H3. The average molecular weight is 621 g/mol. The fraction of sp³-hybridized carbons (Fsp3) is 0.174. The first-order valence-corrected chi connectivity index (χ1v) is 16.9. The molecule has 0 aliphatic rings. The molecule has 9 aromatic rings. The molecule has 9 rings (SSSR count). The summed E-state index contributed by atoms with van der Waals surface area (Å²) in [7, 11) is 0. The summed E-state index contributed by atoms with van der Waals surface area (Å²) in [6.07, 6.45) is 0. The number of rotatable bonds is 0. The zero-order chi connectivity index (χ0) is 33.2. The minimum absolute atomic E-state index is 0.0321. The number of hydrogen-bond donors (Lipinski definition) is 0. The second-order valence-corrected chi connectivity index (χ2v) is 15.0. The van der Waals surface area contributed by atoms with Crippen molar-refractivity contribution in [3.05, 3.63) is 145 Å². The predicted octanol–water partition coefficient (Wildman–Crippen LogP) is 12.8. The van der Waals surface area contributed by atoms with Gasteiger partial charge in [0.05, 0.1) is 22.1 Å². The summed E-state index contributed by atoms with van der Waals surface area (Å²) in [5, 5.41) is 12.5. The largest absolute Gasteiger partial charge is 0.247 e. The Bertz CT molecular complexity index is 2590. The normalized spacial score (nSPS) is 12.4. The summed E-state index contributed by atoms with van der Waals surface area (Å²) in [5.41, 5.74) is 7.28. The summed E-state index contributed by atoms with van der Waals surface area (Å²) in [6.45, 7) is 13.7. The lowest BCUT2D eigenvalue weighted by molar-refractivity contribution is 0.600. The van der Waals surface area contributed by atoms with Crippen LogP contribution in [0.5, 0.6) is 0 Å². The molecule has 0 atom stereocenters. The summed E-state index contributed by atoms with van der Waals surface area (Å²) in [4.78, 5) is 10.2. The number of hydrogen-bond acceptors (Lipinski definition) is 2. The van der Waals surface area contributed by atoms with Gasteiger partial charge in [-0.15, -0.1) is 0 Å². The molecule has 234 valence electrons. The number of benzene rings is 7. The third-order valence-corrected chi connectivity index (χ3v) is 9.64. The Balaban J connectivity index is 0.000000142. The highest BCUT2D eigenvalue weighted by atomic mass is 14.7. The fourth-order valence-electron chi connectivity index (χ4n) is 7.65. The van der Waals surface area contributed by atoms with Gasteiger partial charge < -0.3 is 0 Å². The molecule has 0 radical (unpaired) electrons. The number of nitrogens with zero attached hydrogens (tertiary/aromatic N) is 2. The fourth-order valence-corrected chi connectivity index (χ4v) is 7.65. The Hall–Kier alpha value is -5.34. The number of para-hydroxylation sites is 1. The Labute approximate surface area is 282 Å². The molecular formula is C46H40N2. The van der Waals surface area contributed by atoms with Gasteiger partial charge >= 0.3 is 0 Å². The lowest BCUT2D eigenvalue weighted by atomic mass is 9.81. The van der Waals surface area contributed by atoms with E-state index in [1.54, 1.807) is 0 Å². The van der Waals surface area contributed by atoms with E-state index < -0.39 is 0 Å². The van der Waals surface area contributed by atoms with Gasteiger partial charge in [-0.05, 0) is 44.2 Å². The number of aromatic nitrogens is 2. The first kappa shape index (κ1) is 30.0. The van der Waals surface area contributed by atoms with Crippen molar-refractivity contribution < 1.29 is 0 Å². The van der Waals surface area contributed by atoms with E-state index in [4.69, 9.17) is 9.97 Å². The maximum absolute atomic E-state index is 5.21. The van der Waals surface area contributed by atoms with Crippen LogP contribution in [0.2, 0.25) is 0 Å². The molecule has 48 heavy (non-hydrogen) atoms. The summed E-state index contributed by atoms with van der Waals surface area (Å²) in [5.74, 6) is 0. The highest BCUT2D eigenvalue weighted by Gasteiger charge is 2.23. The average Bonchev–Trinajstić information content (AvgIpc) is 3.08. The quantitative estimate of drug-likeness (QED) is 0.124. The van der Waals surface area contributed by atoms with Crippen molar-refractivity contribution >= 4 is 75.9 Å². The van der Waals surface area contributed by atoms with Gasteiger partial charge in [-0.3, -0.25) is 0 Å². The third kappa shape index (κ3) is 4.95. The number of fused-ring (bicyclic) bond motifs is 10. The molecule has 0 fully saturated rings. The van der Waals surface area contributed by atoms with Crippen molar-refractivity contribution in [1.82, 2.24) is 9.97 Å². The molecule has 0 saturated heterocycles. The number of pyridine rings is 2. The van der Waals surface area contributed by atoms with Crippen LogP contribution in [-0.2, 0) is 10.8 Å². The van der Waals surface area contributed by atoms with E-state index in [1.165, 1.54) is 65.0 Å².